The molecular formula is C27H30N4O5. The van der Waals surface area contributed by atoms with Gasteiger partial charge in [0.05, 0.1) is 19.1 Å². The molecule has 4 heterocycles. The van der Waals surface area contributed by atoms with Crippen LogP contribution in [0, 0.1) is 5.92 Å². The summed E-state index contributed by atoms with van der Waals surface area (Å²) < 4.78 is 18.9. The number of morpholine rings is 1. The quantitative estimate of drug-likeness (QED) is 0.572. The summed E-state index contributed by atoms with van der Waals surface area (Å²) in [6.45, 7) is 6.79. The van der Waals surface area contributed by atoms with Gasteiger partial charge in [-0.05, 0) is 36.4 Å². The zero-order valence-electron chi connectivity index (χ0n) is 20.2. The Labute approximate surface area is 209 Å². The molecule has 0 saturated carbocycles. The minimum Gasteiger partial charge on any atom is -0.486 e. The molecule has 1 atom stereocenters. The second-order valence-corrected chi connectivity index (χ2v) is 9.46. The average Bonchev–Trinajstić information content (AvgIpc) is 3.51. The van der Waals surface area contributed by atoms with Crippen molar-refractivity contribution < 1.29 is 23.8 Å². The topological polar surface area (TPSA) is 85.3 Å². The molecule has 36 heavy (non-hydrogen) atoms. The smallest absolute Gasteiger partial charge is 0.229 e. The highest BCUT2D eigenvalue weighted by Crippen LogP contribution is 2.36. The summed E-state index contributed by atoms with van der Waals surface area (Å²) in [5, 5.41) is 4.10. The molecule has 2 aromatic carbocycles. The molecule has 1 aromatic heterocycles. The molecule has 9 heteroatoms. The van der Waals surface area contributed by atoms with Gasteiger partial charge >= 0.3 is 0 Å². The second kappa shape index (κ2) is 9.83. The van der Waals surface area contributed by atoms with E-state index in [1.54, 1.807) is 4.90 Å². The zero-order valence-corrected chi connectivity index (χ0v) is 20.2. The lowest BCUT2D eigenvalue weighted by Crippen LogP contribution is -2.38. The van der Waals surface area contributed by atoms with Crippen LogP contribution >= 0.6 is 0 Å². The molecule has 3 aliphatic rings. The third-order valence-corrected chi connectivity index (χ3v) is 7.13. The minimum absolute atomic E-state index is 0.0698. The van der Waals surface area contributed by atoms with Gasteiger partial charge < -0.3 is 29.0 Å². The Kier molecular flexibility index (Phi) is 6.25. The number of carbonyl (C=O) groups excluding carboxylic acids is 2. The summed E-state index contributed by atoms with van der Waals surface area (Å²) in [6.07, 6.45) is 2.28. The van der Waals surface area contributed by atoms with Gasteiger partial charge in [-0.3, -0.25) is 14.5 Å². The Balaban J connectivity index is 1.09. The fourth-order valence-corrected chi connectivity index (χ4v) is 5.12. The van der Waals surface area contributed by atoms with E-state index in [4.69, 9.17) is 14.2 Å². The largest absolute Gasteiger partial charge is 0.486 e. The molecule has 6 rings (SSSR count). The lowest BCUT2D eigenvalue weighted by atomic mass is 10.1. The number of nitrogens with one attached hydrogen (secondary N) is 1. The predicted octanol–water partition coefficient (Wildman–Crippen LogP) is 2.74. The van der Waals surface area contributed by atoms with Crippen LogP contribution in [0.15, 0.2) is 48.7 Å². The van der Waals surface area contributed by atoms with Gasteiger partial charge in [0.2, 0.25) is 11.8 Å². The Morgan fingerprint density at radius 1 is 0.944 bits per heavy atom. The van der Waals surface area contributed by atoms with E-state index < -0.39 is 5.92 Å². The molecular weight excluding hydrogens is 460 g/mol. The molecule has 3 aromatic rings. The van der Waals surface area contributed by atoms with E-state index in [1.807, 2.05) is 36.4 Å². The standard InChI is InChI=1S/C27H30N4O5/c32-26-16-20(18-31(26)22-2-4-24-25(17-22)36-14-13-35-24)27(33)28-21-1-3-23-19(15-21)5-6-30(23)8-7-29-9-11-34-12-10-29/h1-6,15,17,20H,7-14,16,18H2,(H,28,33). The lowest BCUT2D eigenvalue weighted by molar-refractivity contribution is -0.122. The number of hydrogen-bond acceptors (Lipinski definition) is 6. The summed E-state index contributed by atoms with van der Waals surface area (Å²) in [7, 11) is 0. The molecule has 0 aliphatic carbocycles. The van der Waals surface area contributed by atoms with E-state index in [-0.39, 0.29) is 18.2 Å². The molecule has 0 spiro atoms. The van der Waals surface area contributed by atoms with Crippen molar-refractivity contribution >= 4 is 34.1 Å². The minimum atomic E-state index is -0.417. The van der Waals surface area contributed by atoms with Crippen LogP contribution in [0.3, 0.4) is 0 Å². The fraction of sp³-hybridized carbons (Fsp3) is 0.407. The maximum absolute atomic E-state index is 13.0. The van der Waals surface area contributed by atoms with Crippen molar-refractivity contribution in [1.29, 1.82) is 0 Å². The van der Waals surface area contributed by atoms with Crippen LogP contribution in [0.25, 0.3) is 10.9 Å². The van der Waals surface area contributed by atoms with Crippen LogP contribution in [-0.4, -0.2) is 73.9 Å². The number of ether oxygens (including phenoxy) is 3. The molecule has 188 valence electrons. The number of fused-ring (bicyclic) bond motifs is 2. The summed E-state index contributed by atoms with van der Waals surface area (Å²) >= 11 is 0. The third-order valence-electron chi connectivity index (χ3n) is 7.13. The van der Waals surface area contributed by atoms with Gasteiger partial charge in [-0.15, -0.1) is 0 Å². The predicted molar refractivity (Wildman–Crippen MR) is 136 cm³/mol. The van der Waals surface area contributed by atoms with Crippen LogP contribution in [0.4, 0.5) is 11.4 Å². The van der Waals surface area contributed by atoms with Gasteiger partial charge in [0, 0.05) is 73.7 Å². The van der Waals surface area contributed by atoms with E-state index in [0.717, 1.165) is 61.7 Å². The van der Waals surface area contributed by atoms with Crippen LogP contribution in [-0.2, 0) is 20.9 Å². The van der Waals surface area contributed by atoms with Crippen molar-refractivity contribution in [3.8, 4) is 11.5 Å². The van der Waals surface area contributed by atoms with E-state index in [0.29, 0.717) is 31.3 Å². The first-order chi connectivity index (χ1) is 17.6. The van der Waals surface area contributed by atoms with Crippen molar-refractivity contribution in [2.24, 2.45) is 5.92 Å². The zero-order chi connectivity index (χ0) is 24.5. The van der Waals surface area contributed by atoms with E-state index in [1.165, 1.54) is 0 Å². The molecule has 0 bridgehead atoms. The number of amides is 2. The maximum atomic E-state index is 13.0. The van der Waals surface area contributed by atoms with Gasteiger partial charge in [-0.1, -0.05) is 0 Å². The van der Waals surface area contributed by atoms with Crippen molar-refractivity contribution in [2.45, 2.75) is 13.0 Å². The number of nitrogens with zero attached hydrogens (tertiary/aromatic N) is 3. The summed E-state index contributed by atoms with van der Waals surface area (Å²) in [5.74, 6) is 0.675. The molecule has 1 N–H and O–H groups in total. The van der Waals surface area contributed by atoms with E-state index in [2.05, 4.69) is 27.0 Å². The highest BCUT2D eigenvalue weighted by molar-refractivity contribution is 6.04. The monoisotopic (exact) mass is 490 g/mol. The van der Waals surface area contributed by atoms with Gasteiger partial charge in [-0.25, -0.2) is 0 Å². The average molecular weight is 491 g/mol. The van der Waals surface area contributed by atoms with Crippen molar-refractivity contribution in [3.05, 3.63) is 48.7 Å². The first-order valence-corrected chi connectivity index (χ1v) is 12.5. The van der Waals surface area contributed by atoms with Crippen LogP contribution in [0.1, 0.15) is 6.42 Å². The van der Waals surface area contributed by atoms with Gasteiger partial charge in [0.1, 0.15) is 13.2 Å². The fourth-order valence-electron chi connectivity index (χ4n) is 5.12. The van der Waals surface area contributed by atoms with Crippen LogP contribution in [0.2, 0.25) is 0 Å². The number of anilines is 2. The Morgan fingerprint density at radius 3 is 2.64 bits per heavy atom. The molecule has 2 fully saturated rings. The summed E-state index contributed by atoms with van der Waals surface area (Å²) in [5.41, 5.74) is 2.60. The third kappa shape index (κ3) is 4.64. The molecule has 0 radical (unpaired) electrons. The van der Waals surface area contributed by atoms with Crippen molar-refractivity contribution in [2.75, 3.05) is 62.8 Å². The number of rotatable bonds is 6. The SMILES string of the molecule is O=C(Nc1ccc2c(ccn2CCN2CCOCC2)c1)C1CC(=O)N(c2ccc3c(c2)OCCO3)C1. The van der Waals surface area contributed by atoms with E-state index in [9.17, 15) is 9.59 Å². The highest BCUT2D eigenvalue weighted by Gasteiger charge is 2.35. The molecule has 2 saturated heterocycles. The summed E-state index contributed by atoms with van der Waals surface area (Å²) in [4.78, 5) is 29.8. The highest BCUT2D eigenvalue weighted by atomic mass is 16.6. The first kappa shape index (κ1) is 22.9. The number of hydrogen-bond donors (Lipinski definition) is 1. The van der Waals surface area contributed by atoms with Crippen molar-refractivity contribution in [1.82, 2.24) is 9.47 Å². The van der Waals surface area contributed by atoms with E-state index >= 15 is 0 Å². The van der Waals surface area contributed by atoms with Gasteiger partial charge in [0.15, 0.2) is 11.5 Å². The van der Waals surface area contributed by atoms with Crippen molar-refractivity contribution in [3.63, 3.8) is 0 Å². The number of carbonyl (C=O) groups is 2. The Morgan fingerprint density at radius 2 is 1.78 bits per heavy atom. The molecule has 9 nitrogen and oxygen atoms in total. The maximum Gasteiger partial charge on any atom is 0.229 e. The molecule has 2 amide bonds. The summed E-state index contributed by atoms with van der Waals surface area (Å²) in [6, 6.07) is 13.5. The number of benzene rings is 2. The Hall–Kier alpha value is -3.56. The molecule has 3 aliphatic heterocycles. The van der Waals surface area contributed by atoms with Gasteiger partial charge in [0.25, 0.3) is 0 Å². The lowest BCUT2D eigenvalue weighted by Gasteiger charge is -2.26. The van der Waals surface area contributed by atoms with Crippen LogP contribution < -0.4 is 19.7 Å². The number of aromatic nitrogens is 1. The second-order valence-electron chi connectivity index (χ2n) is 9.46. The van der Waals surface area contributed by atoms with Gasteiger partial charge in [-0.2, -0.15) is 0 Å². The molecule has 1 unspecified atom stereocenters. The normalized spacial score (nSPS) is 20.2. The Bertz CT molecular complexity index is 1280. The first-order valence-electron chi connectivity index (χ1n) is 12.5. The van der Waals surface area contributed by atoms with Crippen LogP contribution in [0.5, 0.6) is 11.5 Å².